The minimum absolute atomic E-state index is 0.0207. The van der Waals surface area contributed by atoms with E-state index in [1.54, 1.807) is 0 Å². The van der Waals surface area contributed by atoms with Gasteiger partial charge in [0.25, 0.3) is 0 Å². The van der Waals surface area contributed by atoms with Crippen molar-refractivity contribution in [3.8, 4) is 0 Å². The van der Waals surface area contributed by atoms with Gasteiger partial charge in [-0.3, -0.25) is 4.79 Å². The number of hydrogen-bond acceptors (Lipinski definition) is 2. The first kappa shape index (κ1) is 10.9. The number of carbonyl (C=O) groups excluding carboxylic acids is 1. The molecule has 3 heteroatoms. The average molecular weight is 216 g/mol. The zero-order valence-corrected chi connectivity index (χ0v) is 9.20. The summed E-state index contributed by atoms with van der Waals surface area (Å²) in [4.78, 5) is 11.1. The first-order valence-electron chi connectivity index (χ1n) is 5.59. The van der Waals surface area contributed by atoms with Crippen molar-refractivity contribution in [2.45, 2.75) is 19.3 Å². The van der Waals surface area contributed by atoms with Crippen LogP contribution in [0.4, 0.5) is 5.69 Å². The molecule has 0 spiro atoms. The third-order valence-corrected chi connectivity index (χ3v) is 2.77. The predicted octanol–water partition coefficient (Wildman–Crippen LogP) is 2.15. The molecule has 84 valence electrons. The molecule has 0 aromatic heterocycles. The van der Waals surface area contributed by atoms with Gasteiger partial charge in [-0.1, -0.05) is 18.2 Å². The zero-order valence-electron chi connectivity index (χ0n) is 9.20. The number of nitrogens with two attached hydrogens (primary N) is 1. The number of hydrogen-bond donors (Lipinski definition) is 2. The molecule has 1 amide bonds. The van der Waals surface area contributed by atoms with E-state index in [4.69, 9.17) is 5.73 Å². The Kier molecular flexibility index (Phi) is 3.37. The molecule has 1 aromatic rings. The number of benzene rings is 1. The third kappa shape index (κ3) is 2.49. The Labute approximate surface area is 95.3 Å². The molecular weight excluding hydrogens is 200 g/mol. The lowest BCUT2D eigenvalue weighted by Gasteiger charge is -2.06. The average Bonchev–Trinajstić information content (AvgIpc) is 2.83. The number of anilines is 1. The van der Waals surface area contributed by atoms with Crippen molar-refractivity contribution in [1.29, 1.82) is 0 Å². The van der Waals surface area contributed by atoms with Crippen LogP contribution in [0.2, 0.25) is 0 Å². The molecule has 1 aromatic carbocycles. The maximum absolute atomic E-state index is 11.1. The highest BCUT2D eigenvalue weighted by atomic mass is 16.1. The minimum atomic E-state index is -0.159. The van der Waals surface area contributed by atoms with Crippen LogP contribution in [0.15, 0.2) is 30.3 Å². The van der Waals surface area contributed by atoms with E-state index in [0.717, 1.165) is 12.1 Å². The third-order valence-electron chi connectivity index (χ3n) is 2.77. The zero-order chi connectivity index (χ0) is 11.4. The van der Waals surface area contributed by atoms with Crippen molar-refractivity contribution in [3.05, 3.63) is 35.9 Å². The number of nitrogens with one attached hydrogen (secondary N) is 1. The fourth-order valence-electron chi connectivity index (χ4n) is 1.91. The Balaban J connectivity index is 2.07. The first-order valence-corrected chi connectivity index (χ1v) is 5.59. The van der Waals surface area contributed by atoms with E-state index in [9.17, 15) is 4.79 Å². The summed E-state index contributed by atoms with van der Waals surface area (Å²) in [5.74, 6) is -0.159. The van der Waals surface area contributed by atoms with Gasteiger partial charge < -0.3 is 11.1 Å². The van der Waals surface area contributed by atoms with Crippen LogP contribution in [0.25, 0.3) is 5.57 Å². The van der Waals surface area contributed by atoms with Crippen LogP contribution in [-0.4, -0.2) is 12.5 Å². The van der Waals surface area contributed by atoms with Crippen molar-refractivity contribution in [1.82, 2.24) is 0 Å². The second-order valence-corrected chi connectivity index (χ2v) is 3.95. The van der Waals surface area contributed by atoms with Crippen LogP contribution in [0.1, 0.15) is 24.8 Å². The molecule has 0 unspecified atom stereocenters. The van der Waals surface area contributed by atoms with E-state index in [2.05, 4.69) is 11.4 Å². The first-order chi connectivity index (χ1) is 7.79. The molecule has 0 bridgehead atoms. The van der Waals surface area contributed by atoms with Crippen LogP contribution in [-0.2, 0) is 4.79 Å². The molecule has 0 saturated heterocycles. The van der Waals surface area contributed by atoms with E-state index < -0.39 is 0 Å². The number of carbonyl (C=O) groups is 1. The van der Waals surface area contributed by atoms with Gasteiger partial charge in [-0.2, -0.15) is 0 Å². The van der Waals surface area contributed by atoms with E-state index in [0.29, 0.717) is 0 Å². The standard InChI is InChI=1S/C13H16N2O/c14-9-13(16)15-12-7-5-11(6-8-12)10-3-1-2-4-10/h3,5-8H,1-2,4,9,14H2,(H,15,16). The largest absolute Gasteiger partial charge is 0.325 e. The summed E-state index contributed by atoms with van der Waals surface area (Å²) in [7, 11) is 0. The summed E-state index contributed by atoms with van der Waals surface area (Å²) >= 11 is 0. The molecule has 0 fully saturated rings. The van der Waals surface area contributed by atoms with Gasteiger partial charge >= 0.3 is 0 Å². The lowest BCUT2D eigenvalue weighted by molar-refractivity contribution is -0.114. The molecule has 0 atom stereocenters. The van der Waals surface area contributed by atoms with Crippen LogP contribution in [0, 0.1) is 0 Å². The molecule has 3 N–H and O–H groups in total. The van der Waals surface area contributed by atoms with Crippen LogP contribution < -0.4 is 11.1 Å². The second-order valence-electron chi connectivity index (χ2n) is 3.95. The van der Waals surface area contributed by atoms with Crippen LogP contribution >= 0.6 is 0 Å². The lowest BCUT2D eigenvalue weighted by atomic mass is 10.1. The van der Waals surface area contributed by atoms with Crippen molar-refractivity contribution in [3.63, 3.8) is 0 Å². The molecule has 1 aliphatic rings. The molecule has 1 aliphatic carbocycles. The predicted molar refractivity (Wildman–Crippen MR) is 66.0 cm³/mol. The SMILES string of the molecule is NCC(=O)Nc1ccc(C2=CCCC2)cc1. The van der Waals surface area contributed by atoms with Crippen molar-refractivity contribution in [2.75, 3.05) is 11.9 Å². The maximum atomic E-state index is 11.1. The summed E-state index contributed by atoms with van der Waals surface area (Å²) in [5.41, 5.74) is 8.70. The highest BCUT2D eigenvalue weighted by Crippen LogP contribution is 2.28. The highest BCUT2D eigenvalue weighted by Gasteiger charge is 2.07. The van der Waals surface area contributed by atoms with Gasteiger partial charge in [0.15, 0.2) is 0 Å². The van der Waals surface area contributed by atoms with E-state index in [1.165, 1.54) is 24.0 Å². The van der Waals surface area contributed by atoms with Crippen molar-refractivity contribution >= 4 is 17.2 Å². The summed E-state index contributed by atoms with van der Waals surface area (Å²) in [6.45, 7) is 0.0207. The molecule has 0 aliphatic heterocycles. The molecule has 2 rings (SSSR count). The van der Waals surface area contributed by atoms with Crippen LogP contribution in [0.5, 0.6) is 0 Å². The van der Waals surface area contributed by atoms with Gasteiger partial charge in [0, 0.05) is 5.69 Å². The summed E-state index contributed by atoms with van der Waals surface area (Å²) < 4.78 is 0. The second kappa shape index (κ2) is 4.94. The molecule has 0 radical (unpaired) electrons. The number of amides is 1. The van der Waals surface area contributed by atoms with E-state index in [1.807, 2.05) is 24.3 Å². The number of rotatable bonds is 3. The monoisotopic (exact) mass is 216 g/mol. The molecular formula is C13H16N2O. The molecule has 16 heavy (non-hydrogen) atoms. The quantitative estimate of drug-likeness (QED) is 0.813. The van der Waals surface area contributed by atoms with Gasteiger partial charge in [0.2, 0.25) is 5.91 Å². The normalized spacial score (nSPS) is 14.7. The fourth-order valence-corrected chi connectivity index (χ4v) is 1.91. The Bertz CT molecular complexity index is 406. The Hall–Kier alpha value is -1.61. The van der Waals surface area contributed by atoms with Gasteiger partial charge in [-0.05, 0) is 42.5 Å². The minimum Gasteiger partial charge on any atom is -0.325 e. The molecule has 0 saturated carbocycles. The van der Waals surface area contributed by atoms with Gasteiger partial charge in [0.1, 0.15) is 0 Å². The Morgan fingerprint density at radius 1 is 1.31 bits per heavy atom. The topological polar surface area (TPSA) is 55.1 Å². The smallest absolute Gasteiger partial charge is 0.238 e. The summed E-state index contributed by atoms with van der Waals surface area (Å²) in [6.07, 6.45) is 5.88. The summed E-state index contributed by atoms with van der Waals surface area (Å²) in [5, 5.41) is 2.73. The molecule has 0 heterocycles. The lowest BCUT2D eigenvalue weighted by Crippen LogP contribution is -2.21. The van der Waals surface area contributed by atoms with E-state index in [-0.39, 0.29) is 12.5 Å². The van der Waals surface area contributed by atoms with Gasteiger partial charge in [-0.15, -0.1) is 0 Å². The Morgan fingerprint density at radius 2 is 2.06 bits per heavy atom. The van der Waals surface area contributed by atoms with Gasteiger partial charge in [0.05, 0.1) is 6.54 Å². The number of allylic oxidation sites excluding steroid dienone is 2. The highest BCUT2D eigenvalue weighted by molar-refractivity contribution is 5.92. The molecule has 3 nitrogen and oxygen atoms in total. The van der Waals surface area contributed by atoms with Gasteiger partial charge in [-0.25, -0.2) is 0 Å². The van der Waals surface area contributed by atoms with Crippen molar-refractivity contribution < 1.29 is 4.79 Å². The van der Waals surface area contributed by atoms with Crippen LogP contribution in [0.3, 0.4) is 0 Å². The van der Waals surface area contributed by atoms with E-state index >= 15 is 0 Å². The summed E-state index contributed by atoms with van der Waals surface area (Å²) in [6, 6.07) is 7.93. The maximum Gasteiger partial charge on any atom is 0.238 e. The van der Waals surface area contributed by atoms with Crippen molar-refractivity contribution in [2.24, 2.45) is 5.73 Å². The Morgan fingerprint density at radius 3 is 2.62 bits per heavy atom. The fraction of sp³-hybridized carbons (Fsp3) is 0.308.